The molecule has 4 atom stereocenters. The normalized spacial score (nSPS) is 34.8. The number of carbonyl (C=O) groups excluding carboxylic acids is 1. The van der Waals surface area contributed by atoms with Crippen LogP contribution in [0.15, 0.2) is 0 Å². The Morgan fingerprint density at radius 2 is 1.76 bits per heavy atom. The molecule has 0 amide bonds. The van der Waals surface area contributed by atoms with Gasteiger partial charge in [-0.2, -0.15) is 21.6 Å². The number of hydrogen-bond acceptors (Lipinski definition) is 9. The average molecular weight is 394 g/mol. The fraction of sp³-hybridized carbons (Fsp3) is 0.917. The van der Waals surface area contributed by atoms with E-state index in [0.717, 1.165) is 14.2 Å². The summed E-state index contributed by atoms with van der Waals surface area (Å²) in [5.74, 6) is -2.30. The van der Waals surface area contributed by atoms with Crippen molar-refractivity contribution in [3.8, 4) is 0 Å². The van der Waals surface area contributed by atoms with Crippen LogP contribution in [-0.4, -0.2) is 70.6 Å². The largest absolute Gasteiger partial charge is 0.523 e. The molecule has 2 saturated heterocycles. The Hall–Kier alpha value is -0.990. The molecule has 146 valence electrons. The number of carbonyl (C=O) groups is 1. The number of ether oxygens (including phenoxy) is 5. The molecule has 2 aliphatic heterocycles. The van der Waals surface area contributed by atoms with E-state index in [2.05, 4.69) is 8.92 Å². The summed E-state index contributed by atoms with van der Waals surface area (Å²) in [4.78, 5) is 12.2. The summed E-state index contributed by atoms with van der Waals surface area (Å²) >= 11 is 0. The van der Waals surface area contributed by atoms with Crippen molar-refractivity contribution < 1.29 is 54.3 Å². The number of methoxy groups -OCH3 is 2. The van der Waals surface area contributed by atoms with Gasteiger partial charge in [-0.05, 0) is 13.8 Å². The number of hydrogen-bond donors (Lipinski definition) is 0. The maximum Gasteiger partial charge on any atom is 0.523 e. The van der Waals surface area contributed by atoms with Gasteiger partial charge in [-0.15, -0.1) is 0 Å². The molecule has 13 heteroatoms. The van der Waals surface area contributed by atoms with Gasteiger partial charge < -0.3 is 23.7 Å². The van der Waals surface area contributed by atoms with Gasteiger partial charge in [0.15, 0.2) is 12.1 Å². The van der Waals surface area contributed by atoms with E-state index in [1.165, 1.54) is 0 Å². The molecule has 0 aliphatic carbocycles. The number of alkyl halides is 3. The molecule has 2 heterocycles. The lowest BCUT2D eigenvalue weighted by Gasteiger charge is -2.33. The lowest BCUT2D eigenvalue weighted by Crippen LogP contribution is -2.56. The zero-order valence-electron chi connectivity index (χ0n) is 13.7. The quantitative estimate of drug-likeness (QED) is 0.369. The lowest BCUT2D eigenvalue weighted by molar-refractivity contribution is -0.250. The van der Waals surface area contributed by atoms with E-state index in [-0.39, 0.29) is 0 Å². The molecule has 0 saturated carbocycles. The number of esters is 1. The Morgan fingerprint density at radius 1 is 1.16 bits per heavy atom. The highest BCUT2D eigenvalue weighted by Crippen LogP contribution is 2.44. The molecule has 0 bridgehead atoms. The Labute approximate surface area is 141 Å². The number of fused-ring (bicyclic) bond motifs is 1. The second-order valence-electron chi connectivity index (χ2n) is 5.79. The highest BCUT2D eigenvalue weighted by molar-refractivity contribution is 7.87. The minimum absolute atomic E-state index is 0.943. The third-order valence-corrected chi connectivity index (χ3v) is 4.66. The monoisotopic (exact) mass is 394 g/mol. The van der Waals surface area contributed by atoms with Crippen LogP contribution in [0.5, 0.6) is 0 Å². The van der Waals surface area contributed by atoms with Crippen molar-refractivity contribution in [2.45, 2.75) is 49.2 Å². The minimum atomic E-state index is -5.97. The molecule has 9 nitrogen and oxygen atoms in total. The van der Waals surface area contributed by atoms with Crippen LogP contribution in [0.25, 0.3) is 0 Å². The number of rotatable bonds is 5. The highest BCUT2D eigenvalue weighted by atomic mass is 32.2. The van der Waals surface area contributed by atoms with Gasteiger partial charge >= 0.3 is 21.6 Å². The predicted octanol–water partition coefficient (Wildman–Crippen LogP) is 0.287. The van der Waals surface area contributed by atoms with Crippen molar-refractivity contribution in [3.63, 3.8) is 0 Å². The van der Waals surface area contributed by atoms with E-state index in [1.807, 2.05) is 0 Å². The van der Waals surface area contributed by atoms with Crippen LogP contribution in [0, 0.1) is 0 Å². The molecule has 0 aromatic carbocycles. The third-order valence-electron chi connectivity index (χ3n) is 3.67. The summed E-state index contributed by atoms with van der Waals surface area (Å²) in [6, 6.07) is 0. The van der Waals surface area contributed by atoms with Crippen molar-refractivity contribution in [1.29, 1.82) is 0 Å². The van der Waals surface area contributed by atoms with Crippen molar-refractivity contribution in [2.24, 2.45) is 0 Å². The van der Waals surface area contributed by atoms with Crippen molar-refractivity contribution in [1.82, 2.24) is 0 Å². The van der Waals surface area contributed by atoms with E-state index < -0.39 is 58.1 Å². The highest BCUT2D eigenvalue weighted by Gasteiger charge is 2.67. The molecule has 0 N–H and O–H groups in total. The van der Waals surface area contributed by atoms with Crippen LogP contribution in [0.2, 0.25) is 0 Å². The molecule has 0 aromatic rings. The molecule has 25 heavy (non-hydrogen) atoms. The van der Waals surface area contributed by atoms with Crippen LogP contribution in [0.1, 0.15) is 13.8 Å². The zero-order chi connectivity index (χ0) is 19.3. The van der Waals surface area contributed by atoms with Crippen LogP contribution >= 0.6 is 0 Å². The Bertz CT molecular complexity index is 632. The van der Waals surface area contributed by atoms with Crippen molar-refractivity contribution in [3.05, 3.63) is 0 Å². The first-order chi connectivity index (χ1) is 11.3. The van der Waals surface area contributed by atoms with E-state index >= 15 is 0 Å². The minimum Gasteiger partial charge on any atom is -0.467 e. The Balaban J connectivity index is 2.32. The van der Waals surface area contributed by atoms with Crippen LogP contribution < -0.4 is 0 Å². The van der Waals surface area contributed by atoms with Crippen LogP contribution in [0.4, 0.5) is 13.2 Å². The van der Waals surface area contributed by atoms with Gasteiger partial charge in [-0.25, -0.2) is 4.79 Å². The van der Waals surface area contributed by atoms with Crippen molar-refractivity contribution in [2.75, 3.05) is 20.8 Å². The summed E-state index contributed by atoms with van der Waals surface area (Å²) in [5.41, 5.74) is -8.00. The third kappa shape index (κ3) is 3.48. The molecular weight excluding hydrogens is 377 g/mol. The summed E-state index contributed by atoms with van der Waals surface area (Å²) in [6.45, 7) is 1.76. The lowest BCUT2D eigenvalue weighted by atomic mass is 9.96. The Kier molecular flexibility index (Phi) is 5.13. The van der Waals surface area contributed by atoms with Gasteiger partial charge in [-0.1, -0.05) is 0 Å². The maximum atomic E-state index is 12.5. The molecule has 0 unspecified atom stereocenters. The number of halogens is 3. The average Bonchev–Trinajstić information content (AvgIpc) is 2.92. The van der Waals surface area contributed by atoms with Gasteiger partial charge in [0.25, 0.3) is 0 Å². The molecule has 0 aromatic heterocycles. The van der Waals surface area contributed by atoms with E-state index in [1.54, 1.807) is 13.8 Å². The Morgan fingerprint density at radius 3 is 2.24 bits per heavy atom. The zero-order valence-corrected chi connectivity index (χ0v) is 14.5. The summed E-state index contributed by atoms with van der Waals surface area (Å²) in [5, 5.41) is 0. The first-order valence-corrected chi connectivity index (χ1v) is 8.31. The smallest absolute Gasteiger partial charge is 0.467 e. The fourth-order valence-corrected chi connectivity index (χ4v) is 3.13. The molecule has 2 rings (SSSR count). The molecule has 2 fully saturated rings. The maximum absolute atomic E-state index is 12.5. The molecule has 0 radical (unpaired) electrons. The standard InChI is InChI=1S/C12H17F3O9S/c1-10(2)22-6-7(19-3)11(9(16)20-4,24-8(6)23-10)5-21-25(17,18)12(13,14)15/h6-8H,5H2,1-4H3/t6-,7-,8+,11+/m1/s1. The SMILES string of the molecule is COC(=O)[C@@]1(COS(=O)(=O)C(F)(F)F)O[C@@H]2OC(C)(C)O[C@@H]2[C@H]1OC. The molecule has 0 spiro atoms. The summed E-state index contributed by atoms with van der Waals surface area (Å²) in [6.07, 6.45) is -3.55. The molecule has 2 aliphatic rings. The first kappa shape index (κ1) is 20.3. The first-order valence-electron chi connectivity index (χ1n) is 6.90. The second kappa shape index (κ2) is 6.32. The van der Waals surface area contributed by atoms with Gasteiger partial charge in [0.1, 0.15) is 18.8 Å². The van der Waals surface area contributed by atoms with E-state index in [0.29, 0.717) is 0 Å². The van der Waals surface area contributed by atoms with E-state index in [4.69, 9.17) is 18.9 Å². The van der Waals surface area contributed by atoms with Gasteiger partial charge in [0, 0.05) is 7.11 Å². The van der Waals surface area contributed by atoms with Gasteiger partial charge in [0.05, 0.1) is 7.11 Å². The van der Waals surface area contributed by atoms with E-state index in [9.17, 15) is 26.4 Å². The summed E-state index contributed by atoms with van der Waals surface area (Å²) in [7, 11) is -3.89. The predicted molar refractivity (Wildman–Crippen MR) is 71.4 cm³/mol. The summed E-state index contributed by atoms with van der Waals surface area (Å²) < 4.78 is 89.6. The fourth-order valence-electron chi connectivity index (χ4n) is 2.66. The second-order valence-corrected chi connectivity index (χ2v) is 7.39. The topological polar surface area (TPSA) is 107 Å². The van der Waals surface area contributed by atoms with Crippen LogP contribution in [-0.2, 0) is 42.8 Å². The molecular formula is C12H17F3O9S. The van der Waals surface area contributed by atoms with Crippen LogP contribution in [0.3, 0.4) is 0 Å². The van der Waals surface area contributed by atoms with Crippen molar-refractivity contribution >= 4 is 16.1 Å². The van der Waals surface area contributed by atoms with Gasteiger partial charge in [0.2, 0.25) is 5.60 Å². The van der Waals surface area contributed by atoms with Gasteiger partial charge in [-0.3, -0.25) is 4.18 Å².